The number of halogens is 3. The van der Waals surface area contributed by atoms with E-state index in [-0.39, 0.29) is 24.7 Å². The van der Waals surface area contributed by atoms with Crippen LogP contribution in [-0.4, -0.2) is 34.3 Å². The summed E-state index contributed by atoms with van der Waals surface area (Å²) in [5, 5.41) is 0. The second-order valence-electron chi connectivity index (χ2n) is 7.72. The lowest BCUT2D eigenvalue weighted by Crippen LogP contribution is -2.27. The molecule has 0 radical (unpaired) electrons. The number of hydrogen-bond donors (Lipinski definition) is 0. The van der Waals surface area contributed by atoms with E-state index in [0.717, 1.165) is 23.3 Å². The van der Waals surface area contributed by atoms with Crippen LogP contribution < -0.4 is 0 Å². The Hall–Kier alpha value is -3.13. The second-order valence-corrected chi connectivity index (χ2v) is 7.72. The molecule has 1 heterocycles. The summed E-state index contributed by atoms with van der Waals surface area (Å²) in [5.74, 6) is 0.0873. The number of amides is 1. The topological polar surface area (TPSA) is 49.6 Å². The number of nitrogens with zero attached hydrogens (tertiary/aromatic N) is 3. The highest BCUT2D eigenvalue weighted by Crippen LogP contribution is 2.30. The van der Waals surface area contributed by atoms with Crippen LogP contribution in [0.4, 0.5) is 13.2 Å². The Morgan fingerprint density at radius 1 is 1.06 bits per heavy atom. The molecule has 0 aliphatic rings. The fourth-order valence-electron chi connectivity index (χ4n) is 3.31. The van der Waals surface area contributed by atoms with E-state index in [1.54, 1.807) is 13.1 Å². The molecular formula is C24H26F3N3O2. The number of rotatable bonds is 8. The standard InChI is InChI=1S/C24H26F3N3O2/c1-4-29(3)23(31)21-16-32-22(28-21)15-30(14-19-10-6-5-8-17(19)2)13-18-9-7-11-20(12-18)24(25,26)27/h5-12,16H,4,13-15H2,1-3H3. The summed E-state index contributed by atoms with van der Waals surface area (Å²) < 4.78 is 45.0. The van der Waals surface area contributed by atoms with E-state index >= 15 is 0 Å². The van der Waals surface area contributed by atoms with Crippen molar-refractivity contribution < 1.29 is 22.4 Å². The van der Waals surface area contributed by atoms with Gasteiger partial charge in [0, 0.05) is 26.7 Å². The summed E-state index contributed by atoms with van der Waals surface area (Å²) in [6.07, 6.45) is -3.08. The van der Waals surface area contributed by atoms with Gasteiger partial charge in [0.25, 0.3) is 5.91 Å². The van der Waals surface area contributed by atoms with Gasteiger partial charge in [-0.05, 0) is 36.6 Å². The SMILES string of the molecule is CCN(C)C(=O)c1coc(CN(Cc2cccc(C(F)(F)F)c2)Cc2ccccc2C)n1. The first-order chi connectivity index (χ1) is 15.2. The molecule has 0 unspecified atom stereocenters. The number of aromatic nitrogens is 1. The molecule has 1 aromatic heterocycles. The minimum Gasteiger partial charge on any atom is -0.447 e. The van der Waals surface area contributed by atoms with Crippen LogP contribution in [-0.2, 0) is 25.8 Å². The minimum absolute atomic E-state index is 0.208. The molecule has 0 saturated heterocycles. The first-order valence-corrected chi connectivity index (χ1v) is 10.3. The number of carbonyl (C=O) groups excluding carboxylic acids is 1. The second kappa shape index (κ2) is 9.99. The molecule has 170 valence electrons. The smallest absolute Gasteiger partial charge is 0.416 e. The lowest BCUT2D eigenvalue weighted by molar-refractivity contribution is -0.137. The summed E-state index contributed by atoms with van der Waals surface area (Å²) >= 11 is 0. The fourth-order valence-corrected chi connectivity index (χ4v) is 3.31. The molecular weight excluding hydrogens is 419 g/mol. The number of benzene rings is 2. The highest BCUT2D eigenvalue weighted by Gasteiger charge is 2.30. The summed E-state index contributed by atoms with van der Waals surface area (Å²) in [6, 6.07) is 13.1. The monoisotopic (exact) mass is 445 g/mol. The molecule has 0 N–H and O–H groups in total. The third-order valence-electron chi connectivity index (χ3n) is 5.27. The number of oxazole rings is 1. The quantitative estimate of drug-likeness (QED) is 0.472. The average Bonchev–Trinajstić information content (AvgIpc) is 3.22. The molecule has 32 heavy (non-hydrogen) atoms. The predicted molar refractivity (Wildman–Crippen MR) is 115 cm³/mol. The number of aryl methyl sites for hydroxylation is 1. The molecule has 0 spiro atoms. The van der Waals surface area contributed by atoms with Crippen molar-refractivity contribution in [3.63, 3.8) is 0 Å². The molecule has 2 aromatic carbocycles. The summed E-state index contributed by atoms with van der Waals surface area (Å²) in [6.45, 7) is 5.38. The van der Waals surface area contributed by atoms with E-state index in [2.05, 4.69) is 4.98 Å². The molecule has 5 nitrogen and oxygen atoms in total. The van der Waals surface area contributed by atoms with E-state index in [9.17, 15) is 18.0 Å². The van der Waals surface area contributed by atoms with Crippen molar-refractivity contribution in [2.75, 3.05) is 13.6 Å². The van der Waals surface area contributed by atoms with Gasteiger partial charge in [-0.2, -0.15) is 13.2 Å². The van der Waals surface area contributed by atoms with Gasteiger partial charge in [0.2, 0.25) is 5.89 Å². The molecule has 3 rings (SSSR count). The Morgan fingerprint density at radius 3 is 2.50 bits per heavy atom. The summed E-state index contributed by atoms with van der Waals surface area (Å²) in [4.78, 5) is 20.1. The Morgan fingerprint density at radius 2 is 1.81 bits per heavy atom. The maximum Gasteiger partial charge on any atom is 0.416 e. The van der Waals surface area contributed by atoms with Crippen LogP contribution >= 0.6 is 0 Å². The van der Waals surface area contributed by atoms with Crippen molar-refractivity contribution in [2.45, 2.75) is 39.7 Å². The first-order valence-electron chi connectivity index (χ1n) is 10.3. The minimum atomic E-state index is -4.40. The molecule has 0 saturated carbocycles. The van der Waals surface area contributed by atoms with Gasteiger partial charge >= 0.3 is 6.18 Å². The summed E-state index contributed by atoms with van der Waals surface area (Å²) in [7, 11) is 1.68. The van der Waals surface area contributed by atoms with E-state index < -0.39 is 11.7 Å². The van der Waals surface area contributed by atoms with Crippen molar-refractivity contribution in [3.8, 4) is 0 Å². The van der Waals surface area contributed by atoms with E-state index in [1.807, 2.05) is 43.0 Å². The summed E-state index contributed by atoms with van der Waals surface area (Å²) in [5.41, 5.74) is 2.18. The van der Waals surface area contributed by atoms with Crippen molar-refractivity contribution in [1.29, 1.82) is 0 Å². The van der Waals surface area contributed by atoms with Crippen molar-refractivity contribution >= 4 is 5.91 Å². The maximum absolute atomic E-state index is 13.2. The lowest BCUT2D eigenvalue weighted by Gasteiger charge is -2.22. The van der Waals surface area contributed by atoms with Crippen LogP contribution in [0.2, 0.25) is 0 Å². The average molecular weight is 445 g/mol. The molecule has 0 aliphatic heterocycles. The fraction of sp³-hybridized carbons (Fsp3) is 0.333. The first kappa shape index (κ1) is 23.5. The van der Waals surface area contributed by atoms with Crippen LogP contribution in [0.25, 0.3) is 0 Å². The van der Waals surface area contributed by atoms with Gasteiger partial charge in [-0.1, -0.05) is 42.5 Å². The molecule has 0 bridgehead atoms. The Bertz CT molecular complexity index is 1060. The van der Waals surface area contributed by atoms with E-state index in [1.165, 1.54) is 17.2 Å². The molecule has 3 aromatic rings. The highest BCUT2D eigenvalue weighted by molar-refractivity contribution is 5.91. The molecule has 0 fully saturated rings. The zero-order chi connectivity index (χ0) is 23.3. The number of alkyl halides is 3. The van der Waals surface area contributed by atoms with Crippen LogP contribution in [0, 0.1) is 6.92 Å². The third kappa shape index (κ3) is 5.97. The van der Waals surface area contributed by atoms with Crippen LogP contribution in [0.15, 0.2) is 59.2 Å². The largest absolute Gasteiger partial charge is 0.447 e. The molecule has 8 heteroatoms. The van der Waals surface area contributed by atoms with Crippen LogP contribution in [0.3, 0.4) is 0 Å². The molecule has 1 amide bonds. The third-order valence-corrected chi connectivity index (χ3v) is 5.27. The number of carbonyl (C=O) groups is 1. The van der Waals surface area contributed by atoms with Gasteiger partial charge in [0.05, 0.1) is 12.1 Å². The Labute approximate surface area is 185 Å². The van der Waals surface area contributed by atoms with Crippen molar-refractivity contribution in [1.82, 2.24) is 14.8 Å². The molecule has 0 atom stereocenters. The maximum atomic E-state index is 13.2. The zero-order valence-electron chi connectivity index (χ0n) is 18.3. The van der Waals surface area contributed by atoms with Crippen molar-refractivity contribution in [2.24, 2.45) is 0 Å². The molecule has 0 aliphatic carbocycles. The Kier molecular flexibility index (Phi) is 7.35. The van der Waals surface area contributed by atoms with Gasteiger partial charge in [-0.25, -0.2) is 4.98 Å². The normalized spacial score (nSPS) is 11.7. The Balaban J connectivity index is 1.84. The lowest BCUT2D eigenvalue weighted by atomic mass is 10.1. The van der Waals surface area contributed by atoms with Crippen LogP contribution in [0.5, 0.6) is 0 Å². The van der Waals surface area contributed by atoms with E-state index in [4.69, 9.17) is 4.42 Å². The van der Waals surface area contributed by atoms with Gasteiger partial charge in [0.15, 0.2) is 5.69 Å². The van der Waals surface area contributed by atoms with Gasteiger partial charge in [0.1, 0.15) is 6.26 Å². The van der Waals surface area contributed by atoms with E-state index in [0.29, 0.717) is 24.5 Å². The highest BCUT2D eigenvalue weighted by atomic mass is 19.4. The van der Waals surface area contributed by atoms with Gasteiger partial charge in [-0.3, -0.25) is 9.69 Å². The predicted octanol–water partition coefficient (Wildman–Crippen LogP) is 5.30. The van der Waals surface area contributed by atoms with Crippen molar-refractivity contribution in [3.05, 3.63) is 88.6 Å². The van der Waals surface area contributed by atoms with Gasteiger partial charge < -0.3 is 9.32 Å². The van der Waals surface area contributed by atoms with Gasteiger partial charge in [-0.15, -0.1) is 0 Å². The van der Waals surface area contributed by atoms with Crippen LogP contribution in [0.1, 0.15) is 45.6 Å². The zero-order valence-corrected chi connectivity index (χ0v) is 18.3. The number of hydrogen-bond acceptors (Lipinski definition) is 4.